The Morgan fingerprint density at radius 3 is 2.50 bits per heavy atom. The Hall–Kier alpha value is 0.492. The van der Waals surface area contributed by atoms with E-state index in [0.29, 0.717) is 5.41 Å². The van der Waals surface area contributed by atoms with E-state index in [1.807, 2.05) is 0 Å². The molecule has 1 nitrogen and oxygen atoms in total. The zero-order valence-corrected chi connectivity index (χ0v) is 11.5. The van der Waals surface area contributed by atoms with Gasteiger partial charge in [-0.3, -0.25) is 0 Å². The van der Waals surface area contributed by atoms with E-state index >= 15 is 0 Å². The highest BCUT2D eigenvalue weighted by Gasteiger charge is 2.27. The van der Waals surface area contributed by atoms with Crippen molar-refractivity contribution in [3.8, 4) is 0 Å². The molecule has 1 aliphatic heterocycles. The smallest absolute Gasteiger partial charge is 0.461 e. The lowest BCUT2D eigenvalue weighted by Crippen LogP contribution is -2.26. The van der Waals surface area contributed by atoms with Crippen LogP contribution < -0.4 is 0 Å². The van der Waals surface area contributed by atoms with Gasteiger partial charge in [-0.25, -0.2) is 0 Å². The quantitative estimate of drug-likeness (QED) is 0.645. The van der Waals surface area contributed by atoms with Crippen molar-refractivity contribution in [1.29, 1.82) is 0 Å². The van der Waals surface area contributed by atoms with E-state index in [1.54, 1.807) is 0 Å². The molecule has 1 saturated heterocycles. The van der Waals surface area contributed by atoms with Crippen molar-refractivity contribution in [2.24, 2.45) is 11.3 Å². The topological polar surface area (TPSA) is 9.23 Å². The molecule has 0 radical (unpaired) electrons. The highest BCUT2D eigenvalue weighted by Crippen LogP contribution is 2.28. The molecule has 0 N–H and O–H groups in total. The molecule has 0 spiro atoms. The van der Waals surface area contributed by atoms with E-state index in [0.717, 1.165) is 12.5 Å². The van der Waals surface area contributed by atoms with Gasteiger partial charge < -0.3 is 3.79 Å². The van der Waals surface area contributed by atoms with Crippen LogP contribution in [0.5, 0.6) is 0 Å². The highest BCUT2D eigenvalue weighted by molar-refractivity contribution is 6.52. The summed E-state index contributed by atoms with van der Waals surface area (Å²) in [4.78, 5) is 0. The summed E-state index contributed by atoms with van der Waals surface area (Å²) >= 11 is -0.774. The number of hydrogen-bond acceptors (Lipinski definition) is 1. The Balaban J connectivity index is 2.21. The second-order valence-electron chi connectivity index (χ2n) is 6.09. The van der Waals surface area contributed by atoms with Crippen molar-refractivity contribution in [1.82, 2.24) is 0 Å². The van der Waals surface area contributed by atoms with Gasteiger partial charge in [0.2, 0.25) is 0 Å². The summed E-state index contributed by atoms with van der Waals surface area (Å²) in [6.45, 7) is 10.5. The molecule has 0 bridgehead atoms. The standard InChI is InChI=1S/C8H17.C4H8O.Al/c1-7(2)6-8(3,4)5;1-2-3-4-5;/h7H,1,6H2,2-5H3;1-4H2;/q;-1;+1. The molecule has 2 heteroatoms. The van der Waals surface area contributed by atoms with Gasteiger partial charge in [0.1, 0.15) is 0 Å². The molecule has 82 valence electrons. The summed E-state index contributed by atoms with van der Waals surface area (Å²) < 4.78 is 5.90. The Labute approximate surface area is 93.9 Å². The number of hydrogen-bond donors (Lipinski definition) is 0. The van der Waals surface area contributed by atoms with Gasteiger partial charge in [0.25, 0.3) is 0 Å². The molecule has 1 rings (SSSR count). The molecule has 0 aliphatic carbocycles. The monoisotopic (exact) mass is 212 g/mol. The van der Waals surface area contributed by atoms with E-state index in [1.165, 1.54) is 29.8 Å². The van der Waals surface area contributed by atoms with Crippen LogP contribution in [0.4, 0.5) is 0 Å². The Bertz CT molecular complexity index is 156. The first kappa shape index (κ1) is 12.6. The minimum atomic E-state index is -0.774. The third-order valence-electron chi connectivity index (χ3n) is 2.90. The lowest BCUT2D eigenvalue weighted by molar-refractivity contribution is 0.270. The lowest BCUT2D eigenvalue weighted by Gasteiger charge is -2.26. The summed E-state index contributed by atoms with van der Waals surface area (Å²) in [5, 5.41) is 2.83. The SMILES string of the molecule is CC([CH2][Al]1[CH2]CCC[O]1)CC(C)(C)C. The summed E-state index contributed by atoms with van der Waals surface area (Å²) in [5.74, 6) is 0.866. The van der Waals surface area contributed by atoms with Crippen molar-refractivity contribution in [3.63, 3.8) is 0 Å². The first-order valence-corrected chi connectivity index (χ1v) is 8.19. The molecule has 1 fully saturated rings. The molecule has 0 aromatic heterocycles. The normalized spacial score (nSPS) is 21.0. The van der Waals surface area contributed by atoms with Crippen LogP contribution in [0.15, 0.2) is 0 Å². The summed E-state index contributed by atoms with van der Waals surface area (Å²) in [5.41, 5.74) is 0.489. The van der Waals surface area contributed by atoms with Gasteiger partial charge in [-0.05, 0) is 18.3 Å². The van der Waals surface area contributed by atoms with Crippen LogP contribution >= 0.6 is 0 Å². The summed E-state index contributed by atoms with van der Waals surface area (Å²) in [6, 6.07) is 0. The maximum Gasteiger partial charge on any atom is 0.461 e. The van der Waals surface area contributed by atoms with Gasteiger partial charge in [0.05, 0.1) is 0 Å². The van der Waals surface area contributed by atoms with Crippen molar-refractivity contribution >= 4 is 14.5 Å². The van der Waals surface area contributed by atoms with Crippen LogP contribution in [-0.2, 0) is 3.79 Å². The Morgan fingerprint density at radius 2 is 2.00 bits per heavy atom. The van der Waals surface area contributed by atoms with Crippen molar-refractivity contribution in [2.45, 2.75) is 57.5 Å². The first-order chi connectivity index (χ1) is 6.47. The van der Waals surface area contributed by atoms with E-state index in [4.69, 9.17) is 3.79 Å². The third-order valence-corrected chi connectivity index (χ3v) is 5.99. The fourth-order valence-corrected chi connectivity index (χ4v) is 5.42. The predicted molar refractivity (Wildman–Crippen MR) is 63.8 cm³/mol. The third kappa shape index (κ3) is 5.39. The van der Waals surface area contributed by atoms with Gasteiger partial charge in [0, 0.05) is 6.61 Å². The largest absolute Gasteiger partial charge is 0.501 e. The highest BCUT2D eigenvalue weighted by atomic mass is 27.2. The second kappa shape index (κ2) is 5.54. The molecule has 1 unspecified atom stereocenters. The second-order valence-corrected chi connectivity index (χ2v) is 8.72. The van der Waals surface area contributed by atoms with Crippen LogP contribution in [0.3, 0.4) is 0 Å². The average molecular weight is 212 g/mol. The van der Waals surface area contributed by atoms with Crippen molar-refractivity contribution < 1.29 is 3.79 Å². The molecule has 0 amide bonds. The maximum absolute atomic E-state index is 5.90. The van der Waals surface area contributed by atoms with Gasteiger partial charge in [-0.2, -0.15) is 0 Å². The molecule has 1 atom stereocenters. The Kier molecular flexibility index (Phi) is 4.97. The minimum absolute atomic E-state index is 0.489. The van der Waals surface area contributed by atoms with Crippen LogP contribution in [0.25, 0.3) is 0 Å². The van der Waals surface area contributed by atoms with Gasteiger partial charge >= 0.3 is 14.5 Å². The molecule has 0 saturated carbocycles. The molecule has 1 aliphatic rings. The molecule has 0 aromatic rings. The number of rotatable bonds is 3. The first-order valence-electron chi connectivity index (χ1n) is 6.09. The fraction of sp³-hybridized carbons (Fsp3) is 1.00. The van der Waals surface area contributed by atoms with E-state index in [2.05, 4.69) is 27.7 Å². The zero-order valence-electron chi connectivity index (χ0n) is 10.3. The average Bonchev–Trinajstić information content (AvgIpc) is 2.02. The lowest BCUT2D eigenvalue weighted by atomic mass is 9.86. The molecule has 1 heterocycles. The Morgan fingerprint density at radius 1 is 1.29 bits per heavy atom. The van der Waals surface area contributed by atoms with Crippen LogP contribution in [0, 0.1) is 11.3 Å². The minimum Gasteiger partial charge on any atom is -0.501 e. The van der Waals surface area contributed by atoms with Crippen molar-refractivity contribution in [3.05, 3.63) is 0 Å². The van der Waals surface area contributed by atoms with Crippen LogP contribution in [0.2, 0.25) is 10.6 Å². The van der Waals surface area contributed by atoms with Gasteiger partial charge in [-0.15, -0.1) is 0 Å². The zero-order chi connectivity index (χ0) is 10.6. The predicted octanol–water partition coefficient (Wildman–Crippen LogP) is 3.86. The van der Waals surface area contributed by atoms with Gasteiger partial charge in [0.15, 0.2) is 0 Å². The summed E-state index contributed by atoms with van der Waals surface area (Å²) in [6.07, 6.45) is 4.08. The molecule has 14 heavy (non-hydrogen) atoms. The summed E-state index contributed by atoms with van der Waals surface area (Å²) in [7, 11) is 0. The van der Waals surface area contributed by atoms with E-state index in [9.17, 15) is 0 Å². The van der Waals surface area contributed by atoms with Crippen molar-refractivity contribution in [2.75, 3.05) is 6.61 Å². The molecular weight excluding hydrogens is 187 g/mol. The fourth-order valence-electron chi connectivity index (χ4n) is 2.57. The van der Waals surface area contributed by atoms with Crippen LogP contribution in [0.1, 0.15) is 47.0 Å². The van der Waals surface area contributed by atoms with E-state index in [-0.39, 0.29) is 0 Å². The van der Waals surface area contributed by atoms with E-state index < -0.39 is 14.5 Å². The maximum atomic E-state index is 5.90. The molecular formula is C12H25AlO. The van der Waals surface area contributed by atoms with Crippen LogP contribution in [-0.4, -0.2) is 21.1 Å². The molecule has 0 aromatic carbocycles. The van der Waals surface area contributed by atoms with Gasteiger partial charge in [-0.1, -0.05) is 50.6 Å².